The van der Waals surface area contributed by atoms with Crippen LogP contribution >= 0.6 is 15.9 Å². The molecule has 0 aliphatic rings. The number of nitrogens with two attached hydrogens (primary N) is 1. The van der Waals surface area contributed by atoms with E-state index in [2.05, 4.69) is 26.2 Å². The van der Waals surface area contributed by atoms with Crippen molar-refractivity contribution in [1.82, 2.24) is 4.98 Å². The summed E-state index contributed by atoms with van der Waals surface area (Å²) in [7, 11) is 0. The van der Waals surface area contributed by atoms with Gasteiger partial charge in [-0.15, -0.1) is 0 Å². The van der Waals surface area contributed by atoms with Crippen LogP contribution in [0.4, 0.5) is 15.9 Å². The van der Waals surface area contributed by atoms with E-state index in [1.54, 1.807) is 12.1 Å². The van der Waals surface area contributed by atoms with Crippen molar-refractivity contribution >= 4 is 33.3 Å². The Hall–Kier alpha value is -1.95. The predicted molar refractivity (Wildman–Crippen MR) is 70.7 cm³/mol. The summed E-state index contributed by atoms with van der Waals surface area (Å²) in [5, 5.41) is 2.55. The molecule has 0 bridgehead atoms. The van der Waals surface area contributed by atoms with Gasteiger partial charge in [0.15, 0.2) is 0 Å². The minimum absolute atomic E-state index is 0.202. The Kier molecular flexibility index (Phi) is 3.57. The van der Waals surface area contributed by atoms with Gasteiger partial charge >= 0.3 is 0 Å². The highest BCUT2D eigenvalue weighted by Gasteiger charge is 2.11. The number of nitrogens with zero attached hydrogens (tertiary/aromatic N) is 1. The SMILES string of the molecule is Nc1ccc(NC(=O)c2cc(F)ccc2Br)nc1. The number of carbonyl (C=O) groups excluding carboxylic acids is 1. The zero-order valence-electron chi connectivity index (χ0n) is 9.15. The van der Waals surface area contributed by atoms with Gasteiger partial charge in [0.1, 0.15) is 11.6 Å². The third-order valence-electron chi connectivity index (χ3n) is 2.20. The molecule has 18 heavy (non-hydrogen) atoms. The number of nitrogens with one attached hydrogen (secondary N) is 1. The lowest BCUT2D eigenvalue weighted by atomic mass is 10.2. The van der Waals surface area contributed by atoms with E-state index in [9.17, 15) is 9.18 Å². The molecule has 2 rings (SSSR count). The third-order valence-corrected chi connectivity index (χ3v) is 2.89. The number of aromatic nitrogens is 1. The summed E-state index contributed by atoms with van der Waals surface area (Å²) in [6.45, 7) is 0. The number of rotatable bonds is 2. The van der Waals surface area contributed by atoms with E-state index < -0.39 is 11.7 Å². The van der Waals surface area contributed by atoms with Gasteiger partial charge in [0, 0.05) is 4.47 Å². The maximum atomic E-state index is 13.1. The maximum Gasteiger partial charge on any atom is 0.258 e. The van der Waals surface area contributed by atoms with Crippen molar-refractivity contribution in [3.8, 4) is 0 Å². The summed E-state index contributed by atoms with van der Waals surface area (Å²) in [6, 6.07) is 7.07. The Morgan fingerprint density at radius 2 is 2.11 bits per heavy atom. The van der Waals surface area contributed by atoms with Crippen molar-refractivity contribution in [3.05, 3.63) is 52.4 Å². The fourth-order valence-corrected chi connectivity index (χ4v) is 1.76. The van der Waals surface area contributed by atoms with E-state index in [0.29, 0.717) is 16.0 Å². The first-order valence-corrected chi connectivity index (χ1v) is 5.83. The normalized spacial score (nSPS) is 10.1. The summed E-state index contributed by atoms with van der Waals surface area (Å²) >= 11 is 3.19. The maximum absolute atomic E-state index is 13.1. The molecule has 0 saturated carbocycles. The van der Waals surface area contributed by atoms with Crippen LogP contribution in [0.15, 0.2) is 41.0 Å². The second kappa shape index (κ2) is 5.14. The Balaban J connectivity index is 2.21. The summed E-state index contributed by atoms with van der Waals surface area (Å²) in [5.41, 5.74) is 6.18. The number of hydrogen-bond donors (Lipinski definition) is 2. The van der Waals surface area contributed by atoms with Gasteiger partial charge in [0.2, 0.25) is 0 Å². The quantitative estimate of drug-likeness (QED) is 0.896. The Morgan fingerprint density at radius 1 is 1.33 bits per heavy atom. The number of benzene rings is 1. The van der Waals surface area contributed by atoms with Crippen molar-refractivity contribution in [2.24, 2.45) is 0 Å². The van der Waals surface area contributed by atoms with Crippen molar-refractivity contribution in [2.45, 2.75) is 0 Å². The summed E-state index contributed by atoms with van der Waals surface area (Å²) in [4.78, 5) is 15.8. The van der Waals surface area contributed by atoms with E-state index in [1.165, 1.54) is 18.3 Å². The molecule has 0 radical (unpaired) electrons. The number of pyridine rings is 1. The molecule has 0 spiro atoms. The predicted octanol–water partition coefficient (Wildman–Crippen LogP) is 2.82. The molecule has 6 heteroatoms. The van der Waals surface area contributed by atoms with Crippen molar-refractivity contribution in [3.63, 3.8) is 0 Å². The number of hydrogen-bond acceptors (Lipinski definition) is 3. The molecular weight excluding hydrogens is 301 g/mol. The van der Waals surface area contributed by atoms with Crippen LogP contribution in [0.3, 0.4) is 0 Å². The van der Waals surface area contributed by atoms with Crippen molar-refractivity contribution < 1.29 is 9.18 Å². The van der Waals surface area contributed by atoms with Gasteiger partial charge in [0.25, 0.3) is 5.91 Å². The Labute approximate surface area is 111 Å². The first-order chi connectivity index (χ1) is 8.56. The van der Waals surface area contributed by atoms with Gasteiger partial charge in [-0.2, -0.15) is 0 Å². The van der Waals surface area contributed by atoms with Gasteiger partial charge in [-0.25, -0.2) is 9.37 Å². The molecule has 1 amide bonds. The number of amides is 1. The lowest BCUT2D eigenvalue weighted by molar-refractivity contribution is 0.102. The molecule has 0 saturated heterocycles. The topological polar surface area (TPSA) is 68.0 Å². The largest absolute Gasteiger partial charge is 0.397 e. The lowest BCUT2D eigenvalue weighted by Gasteiger charge is -2.06. The van der Waals surface area contributed by atoms with Gasteiger partial charge in [0.05, 0.1) is 17.4 Å². The minimum Gasteiger partial charge on any atom is -0.397 e. The Morgan fingerprint density at radius 3 is 2.78 bits per heavy atom. The van der Waals surface area contributed by atoms with Gasteiger partial charge in [-0.05, 0) is 46.3 Å². The highest BCUT2D eigenvalue weighted by atomic mass is 79.9. The molecule has 0 fully saturated rings. The molecule has 4 nitrogen and oxygen atoms in total. The van der Waals surface area contributed by atoms with E-state index in [0.717, 1.165) is 6.07 Å². The van der Waals surface area contributed by atoms with Crippen LogP contribution in [-0.4, -0.2) is 10.9 Å². The number of nitrogen functional groups attached to an aromatic ring is 1. The van der Waals surface area contributed by atoms with E-state index in [4.69, 9.17) is 5.73 Å². The zero-order chi connectivity index (χ0) is 13.1. The van der Waals surface area contributed by atoms with Gasteiger partial charge in [-0.3, -0.25) is 4.79 Å². The van der Waals surface area contributed by atoms with Crippen LogP contribution in [-0.2, 0) is 0 Å². The first-order valence-electron chi connectivity index (χ1n) is 5.04. The number of halogens is 2. The van der Waals surface area contributed by atoms with Crippen LogP contribution in [0, 0.1) is 5.82 Å². The molecule has 0 aliphatic heterocycles. The molecule has 3 N–H and O–H groups in total. The number of carbonyl (C=O) groups is 1. The standard InChI is InChI=1S/C12H9BrFN3O/c13-10-3-1-7(14)5-9(10)12(18)17-11-4-2-8(15)6-16-11/h1-6H,15H2,(H,16,17,18). The van der Waals surface area contributed by atoms with Crippen LogP contribution in [0.5, 0.6) is 0 Å². The molecule has 0 atom stereocenters. The van der Waals surface area contributed by atoms with Crippen LogP contribution < -0.4 is 11.1 Å². The van der Waals surface area contributed by atoms with E-state index in [-0.39, 0.29) is 5.56 Å². The summed E-state index contributed by atoms with van der Waals surface area (Å²) in [6.07, 6.45) is 1.43. The molecule has 0 unspecified atom stereocenters. The fraction of sp³-hybridized carbons (Fsp3) is 0. The van der Waals surface area contributed by atoms with E-state index >= 15 is 0 Å². The first kappa shape index (κ1) is 12.5. The molecule has 92 valence electrons. The fourth-order valence-electron chi connectivity index (χ4n) is 1.33. The molecule has 1 aromatic carbocycles. The molecule has 2 aromatic rings. The van der Waals surface area contributed by atoms with E-state index in [1.807, 2.05) is 0 Å². The van der Waals surface area contributed by atoms with Crippen LogP contribution in [0.1, 0.15) is 10.4 Å². The summed E-state index contributed by atoms with van der Waals surface area (Å²) < 4.78 is 13.6. The molecule has 1 aromatic heterocycles. The zero-order valence-corrected chi connectivity index (χ0v) is 10.7. The van der Waals surface area contributed by atoms with Crippen molar-refractivity contribution in [2.75, 3.05) is 11.1 Å². The van der Waals surface area contributed by atoms with Crippen molar-refractivity contribution in [1.29, 1.82) is 0 Å². The Bertz CT molecular complexity index is 586. The molecular formula is C12H9BrFN3O. The van der Waals surface area contributed by atoms with Crippen LogP contribution in [0.2, 0.25) is 0 Å². The third kappa shape index (κ3) is 2.84. The van der Waals surface area contributed by atoms with Gasteiger partial charge < -0.3 is 11.1 Å². The highest BCUT2D eigenvalue weighted by Crippen LogP contribution is 2.19. The highest BCUT2D eigenvalue weighted by molar-refractivity contribution is 9.10. The second-order valence-electron chi connectivity index (χ2n) is 3.56. The average molecular weight is 310 g/mol. The average Bonchev–Trinajstić information content (AvgIpc) is 2.35. The lowest BCUT2D eigenvalue weighted by Crippen LogP contribution is -2.13. The molecule has 1 heterocycles. The number of anilines is 2. The monoisotopic (exact) mass is 309 g/mol. The smallest absolute Gasteiger partial charge is 0.258 e. The second-order valence-corrected chi connectivity index (χ2v) is 4.41. The minimum atomic E-state index is -0.478. The summed E-state index contributed by atoms with van der Waals surface area (Å²) in [5.74, 6) is -0.572. The van der Waals surface area contributed by atoms with Crippen LogP contribution in [0.25, 0.3) is 0 Å². The van der Waals surface area contributed by atoms with Gasteiger partial charge in [-0.1, -0.05) is 0 Å². The molecule has 0 aliphatic carbocycles.